The van der Waals surface area contributed by atoms with Gasteiger partial charge in [0.1, 0.15) is 5.25 Å². The molecule has 1 aliphatic rings. The van der Waals surface area contributed by atoms with Crippen LogP contribution in [0.2, 0.25) is 0 Å². The zero-order valence-electron chi connectivity index (χ0n) is 14.0. The van der Waals surface area contributed by atoms with Crippen molar-refractivity contribution in [3.8, 4) is 0 Å². The average molecular weight is 359 g/mol. The van der Waals surface area contributed by atoms with Gasteiger partial charge in [0.25, 0.3) is 0 Å². The van der Waals surface area contributed by atoms with E-state index in [0.717, 1.165) is 17.5 Å². The SMILES string of the molecule is C[C@H](c1ccccc1)S(=O)(=O)NC(=O)C[C@@H]1OCCc2ccccc21. The molecule has 5 nitrogen and oxygen atoms in total. The summed E-state index contributed by atoms with van der Waals surface area (Å²) in [6, 6.07) is 16.6. The van der Waals surface area contributed by atoms with Gasteiger partial charge in [-0.05, 0) is 30.0 Å². The predicted molar refractivity (Wildman–Crippen MR) is 95.4 cm³/mol. The molecule has 0 aliphatic carbocycles. The lowest BCUT2D eigenvalue weighted by Crippen LogP contribution is -2.35. The molecular formula is C19H21NO4S. The number of ether oxygens (including phenoxy) is 1. The third-order valence-corrected chi connectivity index (χ3v) is 6.17. The summed E-state index contributed by atoms with van der Waals surface area (Å²) >= 11 is 0. The molecule has 0 unspecified atom stereocenters. The summed E-state index contributed by atoms with van der Waals surface area (Å²) in [4.78, 5) is 12.3. The maximum Gasteiger partial charge on any atom is 0.241 e. The van der Waals surface area contributed by atoms with Gasteiger partial charge in [0.05, 0.1) is 19.1 Å². The number of amides is 1. The van der Waals surface area contributed by atoms with Crippen LogP contribution in [0.3, 0.4) is 0 Å². The third kappa shape index (κ3) is 4.08. The van der Waals surface area contributed by atoms with Gasteiger partial charge in [-0.3, -0.25) is 9.52 Å². The highest BCUT2D eigenvalue weighted by Gasteiger charge is 2.28. The molecule has 0 bridgehead atoms. The van der Waals surface area contributed by atoms with Crippen molar-refractivity contribution < 1.29 is 17.9 Å². The molecule has 0 saturated heterocycles. The number of sulfonamides is 1. The Morgan fingerprint density at radius 3 is 2.60 bits per heavy atom. The van der Waals surface area contributed by atoms with Crippen molar-refractivity contribution in [1.82, 2.24) is 4.72 Å². The molecule has 132 valence electrons. The molecule has 1 N–H and O–H groups in total. The van der Waals surface area contributed by atoms with Crippen molar-refractivity contribution >= 4 is 15.9 Å². The molecule has 1 heterocycles. The highest BCUT2D eigenvalue weighted by Crippen LogP contribution is 2.29. The van der Waals surface area contributed by atoms with Crippen molar-refractivity contribution in [2.75, 3.05) is 6.61 Å². The Morgan fingerprint density at radius 2 is 1.84 bits per heavy atom. The number of nitrogens with one attached hydrogen (secondary N) is 1. The van der Waals surface area contributed by atoms with E-state index in [4.69, 9.17) is 4.74 Å². The lowest BCUT2D eigenvalue weighted by molar-refractivity contribution is -0.122. The maximum atomic E-state index is 12.5. The summed E-state index contributed by atoms with van der Waals surface area (Å²) in [5, 5.41) is -0.808. The number of rotatable bonds is 5. The van der Waals surface area contributed by atoms with Crippen molar-refractivity contribution in [2.24, 2.45) is 0 Å². The summed E-state index contributed by atoms with van der Waals surface area (Å²) in [5.74, 6) is -0.551. The largest absolute Gasteiger partial charge is 0.373 e. The van der Waals surface area contributed by atoms with E-state index < -0.39 is 27.3 Å². The van der Waals surface area contributed by atoms with Gasteiger partial charge in [-0.25, -0.2) is 8.42 Å². The molecule has 6 heteroatoms. The van der Waals surface area contributed by atoms with Crippen LogP contribution in [-0.4, -0.2) is 20.9 Å². The lowest BCUT2D eigenvalue weighted by Gasteiger charge is -2.25. The van der Waals surface area contributed by atoms with Crippen LogP contribution in [0.25, 0.3) is 0 Å². The van der Waals surface area contributed by atoms with Crippen molar-refractivity contribution in [1.29, 1.82) is 0 Å². The van der Waals surface area contributed by atoms with Crippen molar-refractivity contribution in [3.05, 3.63) is 71.3 Å². The molecule has 2 aromatic carbocycles. The highest BCUT2D eigenvalue weighted by molar-refractivity contribution is 7.90. The topological polar surface area (TPSA) is 72.5 Å². The van der Waals surface area contributed by atoms with E-state index in [2.05, 4.69) is 4.72 Å². The Kier molecular flexibility index (Phi) is 5.20. The number of carbonyl (C=O) groups excluding carboxylic acids is 1. The minimum absolute atomic E-state index is 0.0161. The van der Waals surface area contributed by atoms with Gasteiger partial charge in [0, 0.05) is 0 Å². The van der Waals surface area contributed by atoms with Crippen LogP contribution in [0.5, 0.6) is 0 Å². The summed E-state index contributed by atoms with van der Waals surface area (Å²) in [6.45, 7) is 2.10. The van der Waals surface area contributed by atoms with Crippen LogP contribution in [0, 0.1) is 0 Å². The average Bonchev–Trinajstić information content (AvgIpc) is 2.61. The monoisotopic (exact) mass is 359 g/mol. The number of fused-ring (bicyclic) bond motifs is 1. The smallest absolute Gasteiger partial charge is 0.241 e. The quantitative estimate of drug-likeness (QED) is 0.891. The Morgan fingerprint density at radius 1 is 1.16 bits per heavy atom. The highest BCUT2D eigenvalue weighted by atomic mass is 32.2. The summed E-state index contributed by atoms with van der Waals surface area (Å²) in [5.41, 5.74) is 2.74. The zero-order valence-corrected chi connectivity index (χ0v) is 14.8. The van der Waals surface area contributed by atoms with Gasteiger partial charge in [0.2, 0.25) is 15.9 Å². The molecule has 0 radical (unpaired) electrons. The van der Waals surface area contributed by atoms with Gasteiger partial charge in [-0.1, -0.05) is 54.6 Å². The van der Waals surface area contributed by atoms with Gasteiger partial charge >= 0.3 is 0 Å². The van der Waals surface area contributed by atoms with E-state index in [-0.39, 0.29) is 6.42 Å². The standard InChI is InChI=1S/C19H21NO4S/c1-14(15-7-3-2-4-8-15)25(22,23)20-19(21)13-18-17-10-6-5-9-16(17)11-12-24-18/h2-10,14,18H,11-13H2,1H3,(H,20,21)/t14-,18+/m1/s1. The van der Waals surface area contributed by atoms with Gasteiger partial charge in [-0.2, -0.15) is 0 Å². The fraction of sp³-hybridized carbons (Fsp3) is 0.316. The minimum atomic E-state index is -3.80. The molecule has 0 saturated carbocycles. The molecule has 25 heavy (non-hydrogen) atoms. The van der Waals surface area contributed by atoms with Crippen molar-refractivity contribution in [3.63, 3.8) is 0 Å². The van der Waals surface area contributed by atoms with Crippen LogP contribution >= 0.6 is 0 Å². The van der Waals surface area contributed by atoms with Gasteiger partial charge in [0.15, 0.2) is 0 Å². The fourth-order valence-electron chi connectivity index (χ4n) is 3.01. The van der Waals surface area contributed by atoms with E-state index >= 15 is 0 Å². The second-order valence-electron chi connectivity index (χ2n) is 6.14. The Hall–Kier alpha value is -2.18. The van der Waals surface area contributed by atoms with E-state index in [9.17, 15) is 13.2 Å². The summed E-state index contributed by atoms with van der Waals surface area (Å²) in [6.07, 6.45) is 0.377. The van der Waals surface area contributed by atoms with E-state index in [0.29, 0.717) is 12.2 Å². The van der Waals surface area contributed by atoms with Crippen molar-refractivity contribution in [2.45, 2.75) is 31.1 Å². The number of hydrogen-bond acceptors (Lipinski definition) is 4. The van der Waals surface area contributed by atoms with Crippen LogP contribution in [0.1, 0.15) is 41.4 Å². The number of benzene rings is 2. The fourth-order valence-corrected chi connectivity index (χ4v) is 4.10. The predicted octanol–water partition coefficient (Wildman–Crippen LogP) is 2.90. The Bertz CT molecular complexity index is 849. The second-order valence-corrected chi connectivity index (χ2v) is 8.14. The summed E-state index contributed by atoms with van der Waals surface area (Å²) < 4.78 is 32.8. The first-order chi connectivity index (χ1) is 12.0. The van der Waals surface area contributed by atoms with Crippen LogP contribution in [-0.2, 0) is 26.0 Å². The normalized spacial score (nSPS) is 18.2. The molecule has 2 aromatic rings. The number of carbonyl (C=O) groups is 1. The first-order valence-electron chi connectivity index (χ1n) is 8.26. The van der Waals surface area contributed by atoms with E-state index in [1.165, 1.54) is 0 Å². The molecule has 1 aliphatic heterocycles. The third-order valence-electron chi connectivity index (χ3n) is 4.45. The lowest BCUT2D eigenvalue weighted by atomic mass is 9.96. The van der Waals surface area contributed by atoms with Crippen LogP contribution < -0.4 is 4.72 Å². The molecular weight excluding hydrogens is 338 g/mol. The van der Waals surface area contributed by atoms with Gasteiger partial charge in [-0.15, -0.1) is 0 Å². The zero-order chi connectivity index (χ0) is 17.9. The van der Waals surface area contributed by atoms with Gasteiger partial charge < -0.3 is 4.74 Å². The first kappa shape index (κ1) is 17.6. The molecule has 0 aromatic heterocycles. The minimum Gasteiger partial charge on any atom is -0.373 e. The molecule has 2 atom stereocenters. The van der Waals surface area contributed by atoms with E-state index in [1.54, 1.807) is 31.2 Å². The second kappa shape index (κ2) is 7.37. The van der Waals surface area contributed by atoms with Crippen LogP contribution in [0.4, 0.5) is 0 Å². The summed E-state index contributed by atoms with van der Waals surface area (Å²) in [7, 11) is -3.80. The Labute approximate surface area is 148 Å². The molecule has 0 spiro atoms. The van der Waals surface area contributed by atoms with Crippen LogP contribution in [0.15, 0.2) is 54.6 Å². The Balaban J connectivity index is 1.69. The van der Waals surface area contributed by atoms with E-state index in [1.807, 2.05) is 30.3 Å². The first-order valence-corrected chi connectivity index (χ1v) is 9.81. The molecule has 3 rings (SSSR count). The number of hydrogen-bond donors (Lipinski definition) is 1. The maximum absolute atomic E-state index is 12.5. The molecule has 0 fully saturated rings. The molecule has 1 amide bonds.